The molecule has 0 heterocycles. The zero-order valence-corrected chi connectivity index (χ0v) is 25.1. The molecule has 0 unspecified atom stereocenters. The van der Waals surface area contributed by atoms with Crippen LogP contribution < -0.4 is 19.1 Å². The van der Waals surface area contributed by atoms with Crippen LogP contribution in [-0.2, 0) is 32.8 Å². The molecular weight excluding hydrogens is 542 g/mol. The van der Waals surface area contributed by atoms with Gasteiger partial charge in [-0.15, -0.1) is 0 Å². The Balaban J connectivity index is 1.81. The van der Waals surface area contributed by atoms with E-state index in [-0.39, 0.29) is 18.4 Å². The highest BCUT2D eigenvalue weighted by Crippen LogP contribution is 2.23. The number of benzene rings is 3. The minimum Gasteiger partial charge on any atom is -0.497 e. The lowest BCUT2D eigenvalue weighted by Crippen LogP contribution is -2.51. The van der Waals surface area contributed by atoms with Gasteiger partial charge in [0.05, 0.1) is 19.1 Å². The van der Waals surface area contributed by atoms with Crippen LogP contribution in [0.1, 0.15) is 31.9 Å². The highest BCUT2D eigenvalue weighted by Gasteiger charge is 2.30. The van der Waals surface area contributed by atoms with Crippen LogP contribution in [0.3, 0.4) is 0 Å². The molecule has 10 heteroatoms. The number of hydrogen-bond acceptors (Lipinski definition) is 6. The summed E-state index contributed by atoms with van der Waals surface area (Å²) in [4.78, 5) is 28.1. The van der Waals surface area contributed by atoms with Gasteiger partial charge in [0.1, 0.15) is 30.7 Å². The Morgan fingerprint density at radius 1 is 0.854 bits per heavy atom. The van der Waals surface area contributed by atoms with Gasteiger partial charge >= 0.3 is 0 Å². The van der Waals surface area contributed by atoms with Gasteiger partial charge in [0.15, 0.2) is 0 Å². The summed E-state index contributed by atoms with van der Waals surface area (Å²) in [7, 11) is -2.27. The second kappa shape index (κ2) is 14.5. The number of carbonyl (C=O) groups is 2. The van der Waals surface area contributed by atoms with Crippen molar-refractivity contribution in [3.05, 3.63) is 90.0 Å². The van der Waals surface area contributed by atoms with Gasteiger partial charge in [-0.3, -0.25) is 13.9 Å². The van der Waals surface area contributed by atoms with Crippen molar-refractivity contribution < 1.29 is 27.5 Å². The molecule has 0 spiro atoms. The maximum Gasteiger partial charge on any atom is 0.244 e. The third kappa shape index (κ3) is 9.53. The van der Waals surface area contributed by atoms with Crippen LogP contribution in [0, 0.1) is 5.92 Å². The largest absolute Gasteiger partial charge is 0.497 e. The molecule has 220 valence electrons. The molecule has 0 bridgehead atoms. The predicted octanol–water partition coefficient (Wildman–Crippen LogP) is 4.23. The topological polar surface area (TPSA) is 105 Å². The summed E-state index contributed by atoms with van der Waals surface area (Å²) in [5.41, 5.74) is 2.09. The lowest BCUT2D eigenvalue weighted by molar-refractivity contribution is -0.139. The summed E-state index contributed by atoms with van der Waals surface area (Å²) in [6, 6.07) is 22.5. The van der Waals surface area contributed by atoms with Crippen LogP contribution in [0.2, 0.25) is 0 Å². The number of methoxy groups -OCH3 is 1. The van der Waals surface area contributed by atoms with Crippen molar-refractivity contribution in [2.75, 3.05) is 30.8 Å². The molecule has 41 heavy (non-hydrogen) atoms. The molecule has 3 aromatic carbocycles. The zero-order chi connectivity index (χ0) is 30.0. The number of sulfonamides is 1. The minimum absolute atomic E-state index is 0.114. The quantitative estimate of drug-likeness (QED) is 0.306. The van der Waals surface area contributed by atoms with Gasteiger partial charge in [0.25, 0.3) is 0 Å². The summed E-state index contributed by atoms with van der Waals surface area (Å²) in [5.74, 6) is 0.634. The normalized spacial score (nSPS) is 12.0. The predicted molar refractivity (Wildman–Crippen MR) is 160 cm³/mol. The zero-order valence-electron chi connectivity index (χ0n) is 24.2. The number of ether oxygens (including phenoxy) is 2. The smallest absolute Gasteiger partial charge is 0.244 e. The van der Waals surface area contributed by atoms with E-state index >= 15 is 0 Å². The standard InChI is InChI=1S/C31H39N3O6S/c1-23(2)19-32-31(36)24(3)33(20-25-11-15-28(39-4)16-12-25)30(35)21-34(41(5,37)38)27-13-17-29(18-14-27)40-22-26-9-7-6-8-10-26/h6-18,23-24H,19-22H2,1-5H3,(H,32,36)/t24-/m1/s1. The average molecular weight is 582 g/mol. The van der Waals surface area contributed by atoms with E-state index in [0.29, 0.717) is 30.3 Å². The Kier molecular flexibility index (Phi) is 11.2. The number of nitrogens with one attached hydrogen (secondary N) is 1. The summed E-state index contributed by atoms with van der Waals surface area (Å²) in [6.45, 7) is 6.07. The third-order valence-electron chi connectivity index (χ3n) is 6.42. The van der Waals surface area contributed by atoms with Crippen molar-refractivity contribution in [3.8, 4) is 11.5 Å². The maximum absolute atomic E-state index is 13.7. The third-order valence-corrected chi connectivity index (χ3v) is 7.56. The first-order valence-electron chi connectivity index (χ1n) is 13.4. The Morgan fingerprint density at radius 3 is 2.02 bits per heavy atom. The molecule has 0 aromatic heterocycles. The molecule has 0 saturated carbocycles. The van der Waals surface area contributed by atoms with E-state index in [4.69, 9.17) is 9.47 Å². The second-order valence-corrected chi connectivity index (χ2v) is 12.1. The fourth-order valence-corrected chi connectivity index (χ4v) is 4.88. The Morgan fingerprint density at radius 2 is 1.46 bits per heavy atom. The Hall–Kier alpha value is -4.05. The van der Waals surface area contributed by atoms with Crippen LogP contribution in [0.4, 0.5) is 5.69 Å². The molecule has 0 aliphatic rings. The minimum atomic E-state index is -3.84. The molecule has 0 radical (unpaired) electrons. The number of nitrogens with zero attached hydrogens (tertiary/aromatic N) is 2. The summed E-state index contributed by atoms with van der Waals surface area (Å²) in [5, 5.41) is 2.87. The molecule has 0 aliphatic carbocycles. The lowest BCUT2D eigenvalue weighted by atomic mass is 10.1. The molecular formula is C31H39N3O6S. The summed E-state index contributed by atoms with van der Waals surface area (Å²) < 4.78 is 37.7. The van der Waals surface area contributed by atoms with Gasteiger partial charge in [-0.05, 0) is 60.4 Å². The Bertz CT molecular complexity index is 1380. The Labute approximate surface area is 243 Å². The molecule has 3 aromatic rings. The van der Waals surface area contributed by atoms with E-state index in [9.17, 15) is 18.0 Å². The first kappa shape index (κ1) is 31.5. The van der Waals surface area contributed by atoms with Crippen molar-refractivity contribution in [2.24, 2.45) is 5.92 Å². The molecule has 9 nitrogen and oxygen atoms in total. The number of carbonyl (C=O) groups excluding carboxylic acids is 2. The van der Waals surface area contributed by atoms with E-state index in [0.717, 1.165) is 21.7 Å². The van der Waals surface area contributed by atoms with Crippen LogP contribution in [-0.4, -0.2) is 57.6 Å². The molecule has 1 atom stereocenters. The van der Waals surface area contributed by atoms with Crippen molar-refractivity contribution >= 4 is 27.5 Å². The molecule has 0 saturated heterocycles. The fourth-order valence-electron chi connectivity index (χ4n) is 4.03. The first-order valence-corrected chi connectivity index (χ1v) is 15.3. The number of anilines is 1. The number of hydrogen-bond donors (Lipinski definition) is 1. The molecule has 0 aliphatic heterocycles. The van der Waals surface area contributed by atoms with Gasteiger partial charge in [-0.25, -0.2) is 8.42 Å². The molecule has 2 amide bonds. The second-order valence-electron chi connectivity index (χ2n) is 10.2. The molecule has 0 fully saturated rings. The molecule has 1 N–H and O–H groups in total. The van der Waals surface area contributed by atoms with Crippen LogP contribution in [0.15, 0.2) is 78.9 Å². The summed E-state index contributed by atoms with van der Waals surface area (Å²) >= 11 is 0. The van der Waals surface area contributed by atoms with E-state index in [2.05, 4.69) is 5.32 Å². The maximum atomic E-state index is 13.7. The van der Waals surface area contributed by atoms with Gasteiger partial charge in [0, 0.05) is 13.1 Å². The van der Waals surface area contributed by atoms with Crippen LogP contribution in [0.25, 0.3) is 0 Å². The van der Waals surface area contributed by atoms with Crippen molar-refractivity contribution in [3.63, 3.8) is 0 Å². The van der Waals surface area contributed by atoms with E-state index in [1.165, 1.54) is 4.90 Å². The van der Waals surface area contributed by atoms with Crippen LogP contribution in [0.5, 0.6) is 11.5 Å². The lowest BCUT2D eigenvalue weighted by Gasteiger charge is -2.31. The fraction of sp³-hybridized carbons (Fsp3) is 0.355. The monoisotopic (exact) mass is 581 g/mol. The summed E-state index contributed by atoms with van der Waals surface area (Å²) in [6.07, 6.45) is 1.05. The van der Waals surface area contributed by atoms with E-state index < -0.39 is 28.5 Å². The van der Waals surface area contributed by atoms with Gasteiger partial charge < -0.3 is 19.7 Å². The molecule has 3 rings (SSSR count). The van der Waals surface area contributed by atoms with Gasteiger partial charge in [-0.1, -0.05) is 56.3 Å². The van der Waals surface area contributed by atoms with Gasteiger partial charge in [-0.2, -0.15) is 0 Å². The highest BCUT2D eigenvalue weighted by molar-refractivity contribution is 7.92. The average Bonchev–Trinajstić information content (AvgIpc) is 2.96. The highest BCUT2D eigenvalue weighted by atomic mass is 32.2. The van der Waals surface area contributed by atoms with E-state index in [1.54, 1.807) is 62.6 Å². The van der Waals surface area contributed by atoms with Crippen molar-refractivity contribution in [2.45, 2.75) is 40.0 Å². The van der Waals surface area contributed by atoms with Crippen molar-refractivity contribution in [1.29, 1.82) is 0 Å². The SMILES string of the molecule is COc1ccc(CN(C(=O)CN(c2ccc(OCc3ccccc3)cc2)S(C)(=O)=O)[C@H](C)C(=O)NCC(C)C)cc1. The number of amides is 2. The van der Waals surface area contributed by atoms with Gasteiger partial charge in [0.2, 0.25) is 21.8 Å². The van der Waals surface area contributed by atoms with Crippen molar-refractivity contribution in [1.82, 2.24) is 10.2 Å². The van der Waals surface area contributed by atoms with Crippen LogP contribution >= 0.6 is 0 Å². The van der Waals surface area contributed by atoms with E-state index in [1.807, 2.05) is 44.2 Å². The first-order chi connectivity index (χ1) is 19.5. The number of rotatable bonds is 14.